The Balaban J connectivity index is 0. The van der Waals surface area contributed by atoms with E-state index < -0.39 is 0 Å². The number of aromatic nitrogens is 3. The smallest absolute Gasteiger partial charge is 0.160 e. The molecule has 0 radical (unpaired) electrons. The van der Waals surface area contributed by atoms with E-state index in [0.29, 0.717) is 0 Å². The van der Waals surface area contributed by atoms with E-state index in [1.54, 1.807) is 0 Å². The SMILES string of the molecule is Cc1nnc2ccccn12.O.O.O. The van der Waals surface area contributed by atoms with Gasteiger partial charge in [0.25, 0.3) is 0 Å². The summed E-state index contributed by atoms with van der Waals surface area (Å²) in [5, 5.41) is 7.84. The molecule has 0 amide bonds. The molecule has 0 aromatic carbocycles. The monoisotopic (exact) mass is 187 g/mol. The molecule has 74 valence electrons. The maximum absolute atomic E-state index is 3.93. The molecule has 6 N–H and O–H groups in total. The quantitative estimate of drug-likeness (QED) is 0.501. The molecule has 0 fully saturated rings. The lowest BCUT2D eigenvalue weighted by atomic mass is 10.5. The molecule has 0 saturated carbocycles. The summed E-state index contributed by atoms with van der Waals surface area (Å²) >= 11 is 0. The Morgan fingerprint density at radius 3 is 2.38 bits per heavy atom. The highest BCUT2D eigenvalue weighted by Gasteiger charge is 1.95. The molecule has 6 nitrogen and oxygen atoms in total. The lowest BCUT2D eigenvalue weighted by Gasteiger charge is -1.89. The Bertz CT molecular complexity index is 361. The number of nitrogens with zero attached hydrogens (tertiary/aromatic N) is 3. The summed E-state index contributed by atoms with van der Waals surface area (Å²) in [5.74, 6) is 0.926. The van der Waals surface area contributed by atoms with E-state index in [4.69, 9.17) is 0 Å². The standard InChI is InChI=1S/C7H7N3.3H2O/c1-6-8-9-7-4-2-3-5-10(6)7;;;/h2-5H,1H3;3*1H2. The third-order valence-electron chi connectivity index (χ3n) is 1.48. The van der Waals surface area contributed by atoms with Gasteiger partial charge in [0.2, 0.25) is 0 Å². The Kier molecular flexibility index (Phi) is 5.62. The van der Waals surface area contributed by atoms with E-state index in [2.05, 4.69) is 10.2 Å². The zero-order chi connectivity index (χ0) is 6.97. The third kappa shape index (κ3) is 2.22. The maximum atomic E-state index is 3.93. The summed E-state index contributed by atoms with van der Waals surface area (Å²) in [6, 6.07) is 5.84. The average molecular weight is 187 g/mol. The highest BCUT2D eigenvalue weighted by Crippen LogP contribution is 1.99. The molecule has 0 bridgehead atoms. The van der Waals surface area contributed by atoms with Gasteiger partial charge < -0.3 is 16.4 Å². The first-order valence-electron chi connectivity index (χ1n) is 3.14. The van der Waals surface area contributed by atoms with Gasteiger partial charge in [-0.3, -0.25) is 4.40 Å². The van der Waals surface area contributed by atoms with Crippen molar-refractivity contribution < 1.29 is 16.4 Å². The second kappa shape index (κ2) is 5.20. The fraction of sp³-hybridized carbons (Fsp3) is 0.143. The number of hydrogen-bond donors (Lipinski definition) is 0. The molecule has 2 rings (SSSR count). The van der Waals surface area contributed by atoms with Gasteiger partial charge in [-0.15, -0.1) is 10.2 Å². The number of aryl methyl sites for hydroxylation is 1. The number of pyridine rings is 1. The van der Waals surface area contributed by atoms with Crippen LogP contribution in [0.4, 0.5) is 0 Å². The van der Waals surface area contributed by atoms with Crippen LogP contribution in [0.1, 0.15) is 5.82 Å². The van der Waals surface area contributed by atoms with Gasteiger partial charge in [0, 0.05) is 6.20 Å². The van der Waals surface area contributed by atoms with Gasteiger partial charge >= 0.3 is 0 Å². The second-order valence-corrected chi connectivity index (χ2v) is 2.18. The zero-order valence-electron chi connectivity index (χ0n) is 7.15. The van der Waals surface area contributed by atoms with Crippen LogP contribution in [0.15, 0.2) is 24.4 Å². The van der Waals surface area contributed by atoms with E-state index >= 15 is 0 Å². The van der Waals surface area contributed by atoms with E-state index in [1.165, 1.54) is 0 Å². The van der Waals surface area contributed by atoms with Gasteiger partial charge in [-0.05, 0) is 19.1 Å². The fourth-order valence-corrected chi connectivity index (χ4v) is 0.961. The van der Waals surface area contributed by atoms with Crippen molar-refractivity contribution in [2.45, 2.75) is 6.92 Å². The van der Waals surface area contributed by atoms with Crippen molar-refractivity contribution in [2.75, 3.05) is 0 Å². The molecule has 0 atom stereocenters. The summed E-state index contributed by atoms with van der Waals surface area (Å²) in [6.07, 6.45) is 1.95. The van der Waals surface area contributed by atoms with Gasteiger partial charge in [-0.25, -0.2) is 0 Å². The third-order valence-corrected chi connectivity index (χ3v) is 1.48. The van der Waals surface area contributed by atoms with Crippen molar-refractivity contribution in [1.29, 1.82) is 0 Å². The van der Waals surface area contributed by atoms with Crippen LogP contribution in [0.5, 0.6) is 0 Å². The van der Waals surface area contributed by atoms with Crippen LogP contribution in [-0.4, -0.2) is 31.0 Å². The summed E-state index contributed by atoms with van der Waals surface area (Å²) < 4.78 is 1.94. The van der Waals surface area contributed by atoms with E-state index in [9.17, 15) is 0 Å². The summed E-state index contributed by atoms with van der Waals surface area (Å²) in [4.78, 5) is 0. The van der Waals surface area contributed by atoms with E-state index in [0.717, 1.165) is 11.5 Å². The van der Waals surface area contributed by atoms with Crippen molar-refractivity contribution >= 4 is 5.65 Å². The van der Waals surface area contributed by atoms with Gasteiger partial charge in [-0.1, -0.05) is 6.07 Å². The van der Waals surface area contributed by atoms with Crippen LogP contribution in [-0.2, 0) is 0 Å². The first-order chi connectivity index (χ1) is 4.88. The largest absolute Gasteiger partial charge is 0.412 e. The van der Waals surface area contributed by atoms with Crippen LogP contribution in [0.3, 0.4) is 0 Å². The fourth-order valence-electron chi connectivity index (χ4n) is 0.961. The van der Waals surface area contributed by atoms with Crippen molar-refractivity contribution in [1.82, 2.24) is 14.6 Å². The molecule has 0 spiro atoms. The molecular formula is C7H13N3O3. The molecule has 0 saturated heterocycles. The summed E-state index contributed by atoms with van der Waals surface area (Å²) in [6.45, 7) is 1.93. The maximum Gasteiger partial charge on any atom is 0.160 e. The predicted molar refractivity (Wildman–Crippen MR) is 48.6 cm³/mol. The lowest BCUT2D eigenvalue weighted by molar-refractivity contribution is 0.823. The van der Waals surface area contributed by atoms with Gasteiger partial charge in [0.15, 0.2) is 5.65 Å². The molecule has 0 aliphatic heterocycles. The van der Waals surface area contributed by atoms with Crippen molar-refractivity contribution in [3.8, 4) is 0 Å². The average Bonchev–Trinajstić information content (AvgIpc) is 2.34. The Labute approximate surface area is 74.8 Å². The van der Waals surface area contributed by atoms with Gasteiger partial charge in [-0.2, -0.15) is 0 Å². The van der Waals surface area contributed by atoms with Crippen LogP contribution < -0.4 is 0 Å². The number of hydrogen-bond acceptors (Lipinski definition) is 2. The molecule has 2 aromatic heterocycles. The number of rotatable bonds is 0. The Morgan fingerprint density at radius 1 is 1.08 bits per heavy atom. The van der Waals surface area contributed by atoms with E-state index in [-0.39, 0.29) is 16.4 Å². The first-order valence-corrected chi connectivity index (χ1v) is 3.14. The minimum atomic E-state index is 0. The molecule has 2 aromatic rings. The minimum Gasteiger partial charge on any atom is -0.412 e. The van der Waals surface area contributed by atoms with Crippen molar-refractivity contribution in [3.63, 3.8) is 0 Å². The van der Waals surface area contributed by atoms with Crippen molar-refractivity contribution in [3.05, 3.63) is 30.2 Å². The van der Waals surface area contributed by atoms with Gasteiger partial charge in [0.1, 0.15) is 5.82 Å². The van der Waals surface area contributed by atoms with Crippen LogP contribution in [0, 0.1) is 6.92 Å². The molecule has 2 heterocycles. The molecule has 13 heavy (non-hydrogen) atoms. The van der Waals surface area contributed by atoms with E-state index in [1.807, 2.05) is 35.7 Å². The van der Waals surface area contributed by atoms with Gasteiger partial charge in [0.05, 0.1) is 0 Å². The van der Waals surface area contributed by atoms with Crippen LogP contribution >= 0.6 is 0 Å². The zero-order valence-corrected chi connectivity index (χ0v) is 7.15. The van der Waals surface area contributed by atoms with Crippen molar-refractivity contribution in [2.24, 2.45) is 0 Å². The normalized spacial score (nSPS) is 8.08. The second-order valence-electron chi connectivity index (χ2n) is 2.18. The molecular weight excluding hydrogens is 174 g/mol. The molecule has 0 aliphatic rings. The summed E-state index contributed by atoms with van der Waals surface area (Å²) in [5.41, 5.74) is 0.903. The summed E-state index contributed by atoms with van der Waals surface area (Å²) in [7, 11) is 0. The highest BCUT2D eigenvalue weighted by molar-refractivity contribution is 5.36. The van der Waals surface area contributed by atoms with Crippen LogP contribution in [0.2, 0.25) is 0 Å². The predicted octanol–water partition coefficient (Wildman–Crippen LogP) is -1.44. The number of fused-ring (bicyclic) bond motifs is 1. The topological polar surface area (TPSA) is 125 Å². The molecule has 0 aliphatic carbocycles. The molecule has 0 unspecified atom stereocenters. The van der Waals surface area contributed by atoms with Crippen LogP contribution in [0.25, 0.3) is 5.65 Å². The highest BCUT2D eigenvalue weighted by atomic mass is 16.0. The molecule has 6 heteroatoms. The lowest BCUT2D eigenvalue weighted by Crippen LogP contribution is -1.84. The first kappa shape index (κ1) is 14.0. The minimum absolute atomic E-state index is 0. The Morgan fingerprint density at radius 2 is 1.77 bits per heavy atom. The Hall–Kier alpha value is -1.50.